The van der Waals surface area contributed by atoms with Gasteiger partial charge in [-0.2, -0.15) is 0 Å². The average molecular weight is 474 g/mol. The first-order chi connectivity index (χ1) is 11.5. The molecule has 1 saturated carbocycles. The Morgan fingerprint density at radius 2 is 0.370 bits per heavy atom. The molecule has 1 fully saturated rings. The summed E-state index contributed by atoms with van der Waals surface area (Å²) in [6, 6.07) is 0. The van der Waals surface area contributed by atoms with Crippen molar-refractivity contribution in [2.75, 3.05) is 0 Å². The fourth-order valence-corrected chi connectivity index (χ4v) is 1.21. The number of aliphatic hydroxyl groups excluding tert-OH is 6. The summed E-state index contributed by atoms with van der Waals surface area (Å²) in [5.41, 5.74) is 0. The van der Waals surface area contributed by atoms with E-state index in [2.05, 4.69) is 0 Å². The fraction of sp³-hybridized carbons (Fsp3) is 1.00. The predicted molar refractivity (Wildman–Crippen MR) is 78.8 cm³/mol. The molecule has 0 atom stereocenters. The molecule has 1 rings (SSSR count). The number of hydrogen-bond acceptors (Lipinski definition) is 9. The Morgan fingerprint density at radius 1 is 0.333 bits per heavy atom. The van der Waals surface area contributed by atoms with Crippen molar-refractivity contribution in [1.29, 1.82) is 0 Å². The van der Waals surface area contributed by atoms with Gasteiger partial charge in [0.2, 0.25) is 0 Å². The van der Waals surface area contributed by atoms with E-state index in [0.29, 0.717) is 0 Å². The molecule has 0 unspecified atom stereocenters. The van der Waals surface area contributed by atoms with Crippen LogP contribution in [0.15, 0.2) is 0 Å². The summed E-state index contributed by atoms with van der Waals surface area (Å²) in [4.78, 5) is 64.7. The van der Waals surface area contributed by atoms with E-state index >= 15 is 0 Å². The zero-order valence-electron chi connectivity index (χ0n) is 12.7. The fourth-order valence-electron chi connectivity index (χ4n) is 1.21. The molecule has 168 valence electrons. The van der Waals surface area contributed by atoms with E-state index in [1.807, 2.05) is 0 Å². The molecule has 0 aromatic carbocycles. The SMILES string of the molecule is O=P(O)(O)O.O=P(O)(O)O.O=P(O)(O)O.OC1C(O)C(O)C(O)C(O)C1O. The maximum Gasteiger partial charge on any atom is 0.466 e. The predicted octanol–water partition coefficient (Wildman–Crippen LogP) is -6.62. The van der Waals surface area contributed by atoms with Crippen LogP contribution in [0, 0.1) is 0 Å². The molecule has 1 aliphatic carbocycles. The third kappa shape index (κ3) is 26.1. The molecule has 15 N–H and O–H groups in total. The second-order valence-corrected chi connectivity index (χ2v) is 7.56. The van der Waals surface area contributed by atoms with Gasteiger partial charge in [-0.3, -0.25) is 0 Å². The smallest absolute Gasteiger partial charge is 0.387 e. The van der Waals surface area contributed by atoms with Crippen LogP contribution in [-0.4, -0.2) is 111 Å². The average Bonchev–Trinajstić information content (AvgIpc) is 2.35. The summed E-state index contributed by atoms with van der Waals surface area (Å²) in [5.74, 6) is 0. The molecule has 0 bridgehead atoms. The lowest BCUT2D eigenvalue weighted by Gasteiger charge is -2.39. The van der Waals surface area contributed by atoms with Gasteiger partial charge in [-0.1, -0.05) is 0 Å². The van der Waals surface area contributed by atoms with E-state index in [9.17, 15) is 0 Å². The lowest BCUT2D eigenvalue weighted by Crippen LogP contribution is -2.63. The van der Waals surface area contributed by atoms with Crippen molar-refractivity contribution in [3.8, 4) is 0 Å². The minimum Gasteiger partial charge on any atom is -0.387 e. The van der Waals surface area contributed by atoms with Crippen LogP contribution in [0.5, 0.6) is 0 Å². The summed E-state index contributed by atoms with van der Waals surface area (Å²) in [7, 11) is -13.9. The molecule has 0 aliphatic heterocycles. The first kappa shape index (κ1) is 31.8. The monoisotopic (exact) mass is 474 g/mol. The van der Waals surface area contributed by atoms with Crippen molar-refractivity contribution in [3.05, 3.63) is 0 Å². The van der Waals surface area contributed by atoms with E-state index in [1.165, 1.54) is 0 Å². The molecule has 0 saturated heterocycles. The van der Waals surface area contributed by atoms with Gasteiger partial charge in [-0.25, -0.2) is 13.7 Å². The van der Waals surface area contributed by atoms with Crippen molar-refractivity contribution < 1.29 is 88.4 Å². The zero-order valence-corrected chi connectivity index (χ0v) is 15.4. The summed E-state index contributed by atoms with van der Waals surface area (Å²) in [6.07, 6.45) is -9.84. The standard InChI is InChI=1S/C6H12O6.3H3O4P/c7-1-2(8)4(10)6(12)5(11)3(1)9;3*1-5(2,3)4/h1-12H;3*(H3,1,2,3,4). The third-order valence-electron chi connectivity index (χ3n) is 2.10. The number of rotatable bonds is 0. The van der Waals surface area contributed by atoms with Crippen molar-refractivity contribution in [3.63, 3.8) is 0 Å². The van der Waals surface area contributed by atoms with Crippen LogP contribution >= 0.6 is 23.5 Å². The van der Waals surface area contributed by atoms with E-state index < -0.39 is 60.1 Å². The van der Waals surface area contributed by atoms with Crippen molar-refractivity contribution in [2.24, 2.45) is 0 Å². The quantitative estimate of drug-likeness (QED) is 0.145. The Labute approximate surface area is 149 Å². The molecule has 1 aliphatic rings. The van der Waals surface area contributed by atoms with Crippen molar-refractivity contribution in [2.45, 2.75) is 36.6 Å². The molecule has 0 aromatic heterocycles. The summed E-state index contributed by atoms with van der Waals surface area (Å²) >= 11 is 0. The lowest BCUT2D eigenvalue weighted by atomic mass is 9.85. The van der Waals surface area contributed by atoms with Crippen LogP contribution in [0.1, 0.15) is 0 Å². The maximum atomic E-state index is 8.97. The van der Waals surface area contributed by atoms with Gasteiger partial charge in [-0.15, -0.1) is 0 Å². The molecule has 27 heavy (non-hydrogen) atoms. The second kappa shape index (κ2) is 12.6. The van der Waals surface area contributed by atoms with Crippen molar-refractivity contribution in [1.82, 2.24) is 0 Å². The highest BCUT2D eigenvalue weighted by Gasteiger charge is 2.47. The van der Waals surface area contributed by atoms with Crippen LogP contribution in [0.3, 0.4) is 0 Å². The van der Waals surface area contributed by atoms with Gasteiger partial charge in [-0.05, 0) is 0 Å². The number of phosphoric acid groups is 3. The normalized spacial score (nSPS) is 31.2. The zero-order chi connectivity index (χ0) is 23.0. The first-order valence-corrected chi connectivity index (χ1v) is 10.6. The molecule has 0 aromatic rings. The van der Waals surface area contributed by atoms with Crippen molar-refractivity contribution >= 4 is 23.5 Å². The second-order valence-electron chi connectivity index (χ2n) is 4.48. The largest absolute Gasteiger partial charge is 0.466 e. The first-order valence-electron chi connectivity index (χ1n) is 5.90. The van der Waals surface area contributed by atoms with Gasteiger partial charge in [0, 0.05) is 0 Å². The van der Waals surface area contributed by atoms with Crippen LogP contribution < -0.4 is 0 Å². The van der Waals surface area contributed by atoms with E-state index in [0.717, 1.165) is 0 Å². The highest BCUT2D eigenvalue weighted by molar-refractivity contribution is 7.45. The Balaban J connectivity index is -0.000000323. The van der Waals surface area contributed by atoms with Gasteiger partial charge in [0.1, 0.15) is 36.6 Å². The van der Waals surface area contributed by atoms with Gasteiger partial charge in [0.15, 0.2) is 0 Å². The minimum atomic E-state index is -4.64. The Hall–Kier alpha value is 0.0900. The molecular weight excluding hydrogens is 453 g/mol. The van der Waals surface area contributed by atoms with Crippen LogP contribution in [0.2, 0.25) is 0 Å². The van der Waals surface area contributed by atoms with Gasteiger partial charge in [0.05, 0.1) is 0 Å². The molecule has 0 heterocycles. The van der Waals surface area contributed by atoms with Crippen LogP contribution in [0.4, 0.5) is 0 Å². The lowest BCUT2D eigenvalue weighted by molar-refractivity contribution is -0.223. The van der Waals surface area contributed by atoms with Gasteiger partial charge in [0.25, 0.3) is 0 Å². The van der Waals surface area contributed by atoms with Gasteiger partial charge >= 0.3 is 23.5 Å². The molecule has 0 radical (unpaired) electrons. The summed E-state index contributed by atoms with van der Waals surface area (Å²) in [6.45, 7) is 0. The summed E-state index contributed by atoms with van der Waals surface area (Å²) < 4.78 is 26.6. The van der Waals surface area contributed by atoms with E-state index in [-0.39, 0.29) is 0 Å². The molecule has 0 amide bonds. The van der Waals surface area contributed by atoms with Crippen LogP contribution in [0.25, 0.3) is 0 Å². The molecule has 0 spiro atoms. The van der Waals surface area contributed by atoms with Gasteiger partial charge < -0.3 is 74.7 Å². The summed E-state index contributed by atoms with van der Waals surface area (Å²) in [5, 5.41) is 53.8. The third-order valence-corrected chi connectivity index (χ3v) is 2.10. The Morgan fingerprint density at radius 3 is 0.407 bits per heavy atom. The Kier molecular flexibility index (Phi) is 14.8. The maximum absolute atomic E-state index is 8.97. The number of aliphatic hydroxyl groups is 6. The molecule has 21 heteroatoms. The van der Waals surface area contributed by atoms with E-state index in [1.54, 1.807) is 0 Å². The minimum absolute atomic E-state index is 1.64. The highest BCUT2D eigenvalue weighted by Crippen LogP contribution is 2.26. The Bertz CT molecular complexity index is 402. The molecule has 18 nitrogen and oxygen atoms in total. The molecular formula is C6H21O18P3. The number of hydrogen-bond donors (Lipinski definition) is 15. The van der Waals surface area contributed by atoms with Crippen LogP contribution in [-0.2, 0) is 13.7 Å². The van der Waals surface area contributed by atoms with E-state index in [4.69, 9.17) is 88.4 Å². The highest BCUT2D eigenvalue weighted by atomic mass is 31.2. The topological polar surface area (TPSA) is 355 Å².